The normalized spacial score (nSPS) is 14.8. The number of methoxy groups -OCH3 is 1. The highest BCUT2D eigenvalue weighted by molar-refractivity contribution is 8.01. The van der Waals surface area contributed by atoms with Crippen LogP contribution < -0.4 is 9.47 Å². The van der Waals surface area contributed by atoms with Crippen molar-refractivity contribution >= 4 is 17.7 Å². The van der Waals surface area contributed by atoms with Gasteiger partial charge in [-0.15, -0.1) is 11.8 Å². The molecule has 0 unspecified atom stereocenters. The van der Waals surface area contributed by atoms with Crippen molar-refractivity contribution in [1.82, 2.24) is 4.90 Å². The first-order valence-electron chi connectivity index (χ1n) is 9.97. The highest BCUT2D eigenvalue weighted by Crippen LogP contribution is 2.37. The second-order valence-corrected chi connectivity index (χ2v) is 8.62. The van der Waals surface area contributed by atoms with E-state index in [1.165, 1.54) is 10.5 Å². The fourth-order valence-corrected chi connectivity index (χ4v) is 4.89. The van der Waals surface area contributed by atoms with Crippen LogP contribution in [0.5, 0.6) is 11.5 Å². The minimum Gasteiger partial charge on any atom is -0.493 e. The van der Waals surface area contributed by atoms with Gasteiger partial charge in [0.1, 0.15) is 6.61 Å². The Kier molecular flexibility index (Phi) is 6.29. The fourth-order valence-electron chi connectivity index (χ4n) is 3.58. The summed E-state index contributed by atoms with van der Waals surface area (Å²) in [5.74, 6) is 1.52. The number of carbonyl (C=O) groups is 1. The molecular formula is C25H25NO3S. The molecule has 1 atom stereocenters. The van der Waals surface area contributed by atoms with Crippen LogP contribution in [0.25, 0.3) is 0 Å². The van der Waals surface area contributed by atoms with E-state index in [9.17, 15) is 4.79 Å². The van der Waals surface area contributed by atoms with Gasteiger partial charge in [-0.3, -0.25) is 4.79 Å². The van der Waals surface area contributed by atoms with Gasteiger partial charge in [0.15, 0.2) is 11.5 Å². The molecule has 1 aliphatic rings. The molecule has 0 spiro atoms. The van der Waals surface area contributed by atoms with E-state index in [0.29, 0.717) is 24.7 Å². The van der Waals surface area contributed by atoms with E-state index in [0.717, 1.165) is 17.5 Å². The van der Waals surface area contributed by atoms with Crippen LogP contribution in [0.15, 0.2) is 77.7 Å². The molecule has 154 valence electrons. The maximum atomic E-state index is 12.9. The first-order chi connectivity index (χ1) is 14.6. The zero-order chi connectivity index (χ0) is 20.9. The maximum Gasteiger partial charge on any atom is 0.236 e. The second kappa shape index (κ2) is 9.26. The Morgan fingerprint density at radius 3 is 2.53 bits per heavy atom. The van der Waals surface area contributed by atoms with Crippen molar-refractivity contribution in [3.8, 4) is 11.5 Å². The maximum absolute atomic E-state index is 12.9. The Bertz CT molecular complexity index is 997. The van der Waals surface area contributed by atoms with E-state index in [2.05, 4.69) is 12.1 Å². The zero-order valence-corrected chi connectivity index (χ0v) is 18.0. The van der Waals surface area contributed by atoms with Crippen molar-refractivity contribution in [2.75, 3.05) is 14.2 Å². The van der Waals surface area contributed by atoms with Gasteiger partial charge >= 0.3 is 0 Å². The molecule has 0 aromatic heterocycles. The molecule has 4 nitrogen and oxygen atoms in total. The van der Waals surface area contributed by atoms with Crippen LogP contribution in [0.3, 0.4) is 0 Å². The number of amides is 1. The van der Waals surface area contributed by atoms with Crippen molar-refractivity contribution < 1.29 is 14.3 Å². The average Bonchev–Trinajstić information content (AvgIpc) is 3.22. The van der Waals surface area contributed by atoms with E-state index in [-0.39, 0.29) is 11.2 Å². The van der Waals surface area contributed by atoms with E-state index in [1.807, 2.05) is 67.7 Å². The highest BCUT2D eigenvalue weighted by Gasteiger charge is 2.30. The molecule has 1 heterocycles. The van der Waals surface area contributed by atoms with E-state index < -0.39 is 0 Å². The van der Waals surface area contributed by atoms with Crippen molar-refractivity contribution in [3.63, 3.8) is 0 Å². The lowest BCUT2D eigenvalue weighted by atomic mass is 10.1. The zero-order valence-electron chi connectivity index (χ0n) is 17.2. The van der Waals surface area contributed by atoms with Gasteiger partial charge in [-0.25, -0.2) is 0 Å². The Morgan fingerprint density at radius 2 is 1.77 bits per heavy atom. The first-order valence-corrected chi connectivity index (χ1v) is 10.8. The minimum absolute atomic E-state index is 0.0530. The molecule has 0 bridgehead atoms. The van der Waals surface area contributed by atoms with Crippen LogP contribution >= 0.6 is 11.8 Å². The Balaban J connectivity index is 1.38. The molecule has 1 aliphatic heterocycles. The number of ether oxygens (including phenoxy) is 2. The Hall–Kier alpha value is -2.92. The molecule has 3 aromatic carbocycles. The molecule has 0 aliphatic carbocycles. The molecule has 0 fully saturated rings. The molecule has 0 saturated carbocycles. The largest absolute Gasteiger partial charge is 0.493 e. The first kappa shape index (κ1) is 20.4. The van der Waals surface area contributed by atoms with Gasteiger partial charge in [-0.05, 0) is 41.3 Å². The lowest BCUT2D eigenvalue weighted by molar-refractivity contribution is -0.129. The Morgan fingerprint density at radius 1 is 1.00 bits per heavy atom. The molecule has 30 heavy (non-hydrogen) atoms. The average molecular weight is 420 g/mol. The number of benzene rings is 3. The Labute approximate surface area is 181 Å². The lowest BCUT2D eigenvalue weighted by Crippen LogP contribution is -2.34. The van der Waals surface area contributed by atoms with Gasteiger partial charge in [-0.1, -0.05) is 54.6 Å². The van der Waals surface area contributed by atoms with Crippen LogP contribution in [0, 0.1) is 0 Å². The number of fused-ring (bicyclic) bond motifs is 1. The summed E-state index contributed by atoms with van der Waals surface area (Å²) in [5, 5.41) is -0.0530. The summed E-state index contributed by atoms with van der Waals surface area (Å²) in [5.41, 5.74) is 3.37. The number of nitrogens with zero attached hydrogens (tertiary/aromatic N) is 1. The van der Waals surface area contributed by atoms with Gasteiger partial charge in [0.2, 0.25) is 5.91 Å². The molecule has 5 heteroatoms. The topological polar surface area (TPSA) is 38.8 Å². The predicted octanol–water partition coefficient (Wildman–Crippen LogP) is 4.95. The van der Waals surface area contributed by atoms with Crippen LogP contribution in [-0.2, 0) is 24.4 Å². The third kappa shape index (κ3) is 4.62. The molecule has 0 saturated heterocycles. The summed E-state index contributed by atoms with van der Waals surface area (Å²) in [6.07, 6.45) is 0.791. The molecular weight excluding hydrogens is 394 g/mol. The van der Waals surface area contributed by atoms with Crippen LogP contribution in [0.4, 0.5) is 0 Å². The number of carbonyl (C=O) groups excluding carboxylic acids is 1. The summed E-state index contributed by atoms with van der Waals surface area (Å²) < 4.78 is 11.5. The number of hydrogen-bond donors (Lipinski definition) is 0. The highest BCUT2D eigenvalue weighted by atomic mass is 32.2. The van der Waals surface area contributed by atoms with Gasteiger partial charge in [-0.2, -0.15) is 0 Å². The van der Waals surface area contributed by atoms with Gasteiger partial charge in [0, 0.05) is 18.5 Å². The summed E-state index contributed by atoms with van der Waals surface area (Å²) in [7, 11) is 3.49. The van der Waals surface area contributed by atoms with Gasteiger partial charge in [0.25, 0.3) is 0 Å². The monoisotopic (exact) mass is 419 g/mol. The van der Waals surface area contributed by atoms with Crippen molar-refractivity contribution in [1.29, 1.82) is 0 Å². The molecule has 0 radical (unpaired) electrons. The second-order valence-electron chi connectivity index (χ2n) is 7.37. The number of hydrogen-bond acceptors (Lipinski definition) is 4. The van der Waals surface area contributed by atoms with Crippen molar-refractivity contribution in [2.24, 2.45) is 0 Å². The number of thioether (sulfide) groups is 1. The predicted molar refractivity (Wildman–Crippen MR) is 120 cm³/mol. The summed E-state index contributed by atoms with van der Waals surface area (Å²) in [4.78, 5) is 16.0. The van der Waals surface area contributed by atoms with Gasteiger partial charge in [0.05, 0.1) is 12.4 Å². The lowest BCUT2D eigenvalue weighted by Gasteiger charge is -2.21. The quantitative estimate of drug-likeness (QED) is 0.543. The van der Waals surface area contributed by atoms with E-state index >= 15 is 0 Å². The summed E-state index contributed by atoms with van der Waals surface area (Å²) in [6, 6.07) is 24.1. The smallest absolute Gasteiger partial charge is 0.236 e. The van der Waals surface area contributed by atoms with Crippen LogP contribution in [-0.4, -0.2) is 30.2 Å². The van der Waals surface area contributed by atoms with Crippen molar-refractivity contribution in [3.05, 3.63) is 89.5 Å². The molecule has 1 amide bonds. The molecule has 4 rings (SSSR count). The van der Waals surface area contributed by atoms with Gasteiger partial charge < -0.3 is 14.4 Å². The van der Waals surface area contributed by atoms with Crippen molar-refractivity contribution in [2.45, 2.75) is 29.7 Å². The van der Waals surface area contributed by atoms with E-state index in [1.54, 1.807) is 23.8 Å². The summed E-state index contributed by atoms with van der Waals surface area (Å²) in [6.45, 7) is 1.01. The third-order valence-electron chi connectivity index (χ3n) is 5.18. The van der Waals surface area contributed by atoms with Crippen LogP contribution in [0.2, 0.25) is 0 Å². The SMILES string of the molecule is COc1cc(CN(C)C(=O)[C@H]2Cc3ccccc3S2)ccc1OCc1ccccc1. The molecule has 0 N–H and O–H groups in total. The fraction of sp³-hybridized carbons (Fsp3) is 0.240. The standard InChI is InChI=1S/C25H25NO3S/c1-26(25(27)24-15-20-10-6-7-11-23(20)30-24)16-19-12-13-21(22(14-19)28-2)29-17-18-8-4-3-5-9-18/h3-14,24H,15-17H2,1-2H3/t24-/m1/s1. The number of rotatable bonds is 7. The van der Waals surface area contributed by atoms with E-state index in [4.69, 9.17) is 9.47 Å². The molecule has 3 aromatic rings. The van der Waals surface area contributed by atoms with Crippen LogP contribution in [0.1, 0.15) is 16.7 Å². The summed E-state index contributed by atoms with van der Waals surface area (Å²) >= 11 is 1.66. The third-order valence-corrected chi connectivity index (χ3v) is 6.49. The minimum atomic E-state index is -0.0530.